The number of hydrogen-bond acceptors (Lipinski definition) is 6. The SMILES string of the molecule is CC1C[C@H](O)c2ncnc(N3CCN(C(=O)[C@H](CNCC4CC4)c4ccc(Cl)cc4)CC3)c21. The molecule has 2 heterocycles. The molecule has 2 N–H and O–H groups in total. The second kappa shape index (κ2) is 9.57. The van der Waals surface area contributed by atoms with Gasteiger partial charge in [-0.2, -0.15) is 0 Å². The second-order valence-electron chi connectivity index (χ2n) is 9.67. The molecule has 3 aliphatic rings. The van der Waals surface area contributed by atoms with Crippen molar-refractivity contribution in [2.24, 2.45) is 5.92 Å². The molecule has 3 atom stereocenters. The van der Waals surface area contributed by atoms with Crippen molar-refractivity contribution in [3.8, 4) is 0 Å². The number of aliphatic hydroxyl groups excluding tert-OH is 1. The Morgan fingerprint density at radius 3 is 2.61 bits per heavy atom. The number of aliphatic hydroxyl groups is 1. The van der Waals surface area contributed by atoms with E-state index in [1.54, 1.807) is 6.33 Å². The molecule has 1 aromatic heterocycles. The Balaban J connectivity index is 1.27. The number of halogens is 1. The van der Waals surface area contributed by atoms with Gasteiger partial charge in [-0.05, 0) is 55.3 Å². The molecule has 2 aromatic rings. The van der Waals surface area contributed by atoms with E-state index < -0.39 is 6.10 Å². The number of aromatic nitrogens is 2. The lowest BCUT2D eigenvalue weighted by atomic mass is 9.97. The third-order valence-electron chi connectivity index (χ3n) is 7.22. The van der Waals surface area contributed by atoms with E-state index in [0.717, 1.165) is 48.2 Å². The number of amides is 1. The molecule has 8 heteroatoms. The quantitative estimate of drug-likeness (QED) is 0.648. The average molecular weight is 470 g/mol. The predicted octanol–water partition coefficient (Wildman–Crippen LogP) is 3.10. The molecule has 1 saturated heterocycles. The molecule has 1 aromatic carbocycles. The van der Waals surface area contributed by atoms with Crippen molar-refractivity contribution in [3.63, 3.8) is 0 Å². The molecule has 0 radical (unpaired) electrons. The lowest BCUT2D eigenvalue weighted by Gasteiger charge is -2.38. The number of carbonyl (C=O) groups is 1. The first-order chi connectivity index (χ1) is 16.0. The number of piperazine rings is 1. The van der Waals surface area contributed by atoms with Crippen molar-refractivity contribution >= 4 is 23.3 Å². The Morgan fingerprint density at radius 1 is 1.18 bits per heavy atom. The van der Waals surface area contributed by atoms with Gasteiger partial charge in [0.05, 0.1) is 17.7 Å². The van der Waals surface area contributed by atoms with Gasteiger partial charge >= 0.3 is 0 Å². The van der Waals surface area contributed by atoms with E-state index in [1.165, 1.54) is 12.8 Å². The van der Waals surface area contributed by atoms with E-state index in [2.05, 4.69) is 27.1 Å². The Hall–Kier alpha value is -2.22. The van der Waals surface area contributed by atoms with Crippen molar-refractivity contribution in [2.45, 2.75) is 44.1 Å². The fourth-order valence-corrected chi connectivity index (χ4v) is 5.24. The highest BCUT2D eigenvalue weighted by Gasteiger charge is 2.35. The third kappa shape index (κ3) is 4.86. The number of nitrogens with zero attached hydrogens (tertiary/aromatic N) is 4. The van der Waals surface area contributed by atoms with Gasteiger partial charge in [0.15, 0.2) is 0 Å². The molecular weight excluding hydrogens is 438 g/mol. The standard InChI is InChI=1S/C25H32ClN5O2/c1-16-12-21(32)23-22(16)24(29-15-28-23)30-8-10-31(11-9-30)25(33)20(14-27-13-17-2-3-17)18-4-6-19(26)7-5-18/h4-7,15-17,20-21,27,32H,2-3,8-14H2,1H3/t16?,20-,21+/m1/s1. The van der Waals surface area contributed by atoms with Gasteiger partial charge in [-0.1, -0.05) is 30.7 Å². The van der Waals surface area contributed by atoms with E-state index >= 15 is 0 Å². The molecule has 0 bridgehead atoms. The van der Waals surface area contributed by atoms with Crippen LogP contribution in [0.1, 0.15) is 60.9 Å². The Kier molecular flexibility index (Phi) is 6.54. The van der Waals surface area contributed by atoms with Crippen molar-refractivity contribution in [3.05, 3.63) is 52.4 Å². The van der Waals surface area contributed by atoms with Gasteiger partial charge in [-0.15, -0.1) is 0 Å². The molecule has 33 heavy (non-hydrogen) atoms. The highest BCUT2D eigenvalue weighted by Crippen LogP contribution is 2.42. The normalized spacial score (nSPS) is 23.5. The number of benzene rings is 1. The first kappa shape index (κ1) is 22.6. The van der Waals surface area contributed by atoms with Crippen LogP contribution in [0, 0.1) is 5.92 Å². The minimum absolute atomic E-state index is 0.164. The Bertz CT molecular complexity index is 989. The zero-order valence-corrected chi connectivity index (χ0v) is 19.8. The third-order valence-corrected chi connectivity index (χ3v) is 7.47. The highest BCUT2D eigenvalue weighted by molar-refractivity contribution is 6.30. The lowest BCUT2D eigenvalue weighted by molar-refractivity contribution is -0.133. The summed E-state index contributed by atoms with van der Waals surface area (Å²) in [6.07, 6.45) is 4.31. The van der Waals surface area contributed by atoms with E-state index in [4.69, 9.17) is 11.6 Å². The van der Waals surface area contributed by atoms with Crippen molar-refractivity contribution in [2.75, 3.05) is 44.2 Å². The van der Waals surface area contributed by atoms with Gasteiger partial charge in [-0.3, -0.25) is 4.79 Å². The molecule has 1 unspecified atom stereocenters. The largest absolute Gasteiger partial charge is 0.387 e. The van der Waals surface area contributed by atoms with Gasteiger partial charge in [-0.25, -0.2) is 9.97 Å². The number of carbonyl (C=O) groups excluding carboxylic acids is 1. The molecule has 2 aliphatic carbocycles. The number of rotatable bonds is 7. The highest BCUT2D eigenvalue weighted by atomic mass is 35.5. The fourth-order valence-electron chi connectivity index (χ4n) is 5.11. The van der Waals surface area contributed by atoms with E-state index in [0.29, 0.717) is 31.1 Å². The molecule has 176 valence electrons. The number of nitrogens with one attached hydrogen (secondary N) is 1. The summed E-state index contributed by atoms with van der Waals surface area (Å²) in [5.74, 6) is 1.86. The second-order valence-corrected chi connectivity index (χ2v) is 10.1. The van der Waals surface area contributed by atoms with Crippen LogP contribution in [0.25, 0.3) is 0 Å². The first-order valence-electron chi connectivity index (χ1n) is 12.0. The first-order valence-corrected chi connectivity index (χ1v) is 12.4. The van der Waals surface area contributed by atoms with Gasteiger partial charge in [0.2, 0.25) is 5.91 Å². The summed E-state index contributed by atoms with van der Waals surface area (Å²) < 4.78 is 0. The van der Waals surface area contributed by atoms with E-state index in [9.17, 15) is 9.90 Å². The minimum atomic E-state index is -0.511. The number of anilines is 1. The van der Waals surface area contributed by atoms with Gasteiger partial charge in [0.25, 0.3) is 0 Å². The molecule has 7 nitrogen and oxygen atoms in total. The van der Waals surface area contributed by atoms with E-state index in [1.807, 2.05) is 29.2 Å². The van der Waals surface area contributed by atoms with Gasteiger partial charge in [0.1, 0.15) is 12.1 Å². The summed E-state index contributed by atoms with van der Waals surface area (Å²) in [5.41, 5.74) is 2.83. The summed E-state index contributed by atoms with van der Waals surface area (Å²) in [6.45, 7) is 6.50. The lowest BCUT2D eigenvalue weighted by Crippen LogP contribution is -2.51. The monoisotopic (exact) mass is 469 g/mol. The number of fused-ring (bicyclic) bond motifs is 1. The summed E-state index contributed by atoms with van der Waals surface area (Å²) in [7, 11) is 0. The maximum atomic E-state index is 13.6. The predicted molar refractivity (Wildman–Crippen MR) is 129 cm³/mol. The van der Waals surface area contributed by atoms with Crippen molar-refractivity contribution in [1.29, 1.82) is 0 Å². The maximum absolute atomic E-state index is 13.6. The zero-order chi connectivity index (χ0) is 22.9. The summed E-state index contributed by atoms with van der Waals surface area (Å²) in [5, 5.41) is 14.5. The van der Waals surface area contributed by atoms with Crippen molar-refractivity contribution < 1.29 is 9.90 Å². The summed E-state index contributed by atoms with van der Waals surface area (Å²) in [4.78, 5) is 26.7. The molecular formula is C25H32ClN5O2. The fraction of sp³-hybridized carbons (Fsp3) is 0.560. The van der Waals surface area contributed by atoms with Gasteiger partial charge in [0, 0.05) is 43.3 Å². The molecule has 1 aliphatic heterocycles. The summed E-state index contributed by atoms with van der Waals surface area (Å²) in [6, 6.07) is 7.66. The van der Waals surface area contributed by atoms with Crippen LogP contribution in [0.15, 0.2) is 30.6 Å². The van der Waals surface area contributed by atoms with Crippen LogP contribution in [-0.4, -0.2) is 65.2 Å². The van der Waals surface area contributed by atoms with Crippen LogP contribution >= 0.6 is 11.6 Å². The number of hydrogen-bond donors (Lipinski definition) is 2. The molecule has 2 fully saturated rings. The van der Waals surface area contributed by atoms with Crippen LogP contribution in [0.4, 0.5) is 5.82 Å². The average Bonchev–Trinajstić information content (AvgIpc) is 3.61. The topological polar surface area (TPSA) is 81.6 Å². The van der Waals surface area contributed by atoms with Crippen molar-refractivity contribution in [1.82, 2.24) is 20.2 Å². The smallest absolute Gasteiger partial charge is 0.231 e. The van der Waals surface area contributed by atoms with Gasteiger partial charge < -0.3 is 20.2 Å². The maximum Gasteiger partial charge on any atom is 0.231 e. The van der Waals surface area contributed by atoms with Crippen LogP contribution in [0.3, 0.4) is 0 Å². The zero-order valence-electron chi connectivity index (χ0n) is 19.1. The molecule has 1 saturated carbocycles. The molecule has 1 amide bonds. The van der Waals surface area contributed by atoms with E-state index in [-0.39, 0.29) is 17.7 Å². The van der Waals surface area contributed by atoms with Crippen LogP contribution in [-0.2, 0) is 4.79 Å². The molecule has 0 spiro atoms. The van der Waals surface area contributed by atoms with Crippen LogP contribution < -0.4 is 10.2 Å². The Labute approximate surface area is 200 Å². The summed E-state index contributed by atoms with van der Waals surface area (Å²) >= 11 is 6.09. The van der Waals surface area contributed by atoms with Crippen LogP contribution in [0.2, 0.25) is 5.02 Å². The molecule has 5 rings (SSSR count). The van der Waals surface area contributed by atoms with Crippen LogP contribution in [0.5, 0.6) is 0 Å². The minimum Gasteiger partial charge on any atom is -0.387 e. The Morgan fingerprint density at radius 2 is 1.91 bits per heavy atom.